The molecule has 0 atom stereocenters. The lowest BCUT2D eigenvalue weighted by atomic mass is 10.2. The molecule has 0 amide bonds. The maximum absolute atomic E-state index is 8.69. The van der Waals surface area contributed by atoms with E-state index in [4.69, 9.17) is 10.5 Å². The third-order valence-corrected chi connectivity index (χ3v) is 2.96. The van der Waals surface area contributed by atoms with Gasteiger partial charge in [0.15, 0.2) is 0 Å². The standard InChI is InChI=1S/C16H9N5/c17-8-11(9-18)10-19-12-5-6-15-16(7-12)21-14-4-2-1-3-13(14)20-15/h1-7,10,19H. The van der Waals surface area contributed by atoms with Crippen molar-refractivity contribution < 1.29 is 0 Å². The third-order valence-electron chi connectivity index (χ3n) is 2.96. The predicted octanol–water partition coefficient (Wildman–Crippen LogP) is 3.13. The van der Waals surface area contributed by atoms with E-state index in [1.54, 1.807) is 12.1 Å². The average molecular weight is 271 g/mol. The van der Waals surface area contributed by atoms with Crippen LogP contribution in [0.4, 0.5) is 5.69 Å². The van der Waals surface area contributed by atoms with E-state index in [0.717, 1.165) is 27.8 Å². The Bertz CT molecular complexity index is 928. The number of hydrogen-bond donors (Lipinski definition) is 1. The molecular formula is C16H9N5. The van der Waals surface area contributed by atoms with Crippen molar-refractivity contribution in [1.82, 2.24) is 9.97 Å². The Morgan fingerprint density at radius 2 is 1.52 bits per heavy atom. The van der Waals surface area contributed by atoms with E-state index in [1.807, 2.05) is 42.5 Å². The normalized spacial score (nSPS) is 9.81. The molecule has 0 bridgehead atoms. The van der Waals surface area contributed by atoms with Crippen LogP contribution in [0.1, 0.15) is 0 Å². The quantitative estimate of drug-likeness (QED) is 0.571. The summed E-state index contributed by atoms with van der Waals surface area (Å²) in [6.45, 7) is 0. The molecule has 0 unspecified atom stereocenters. The highest BCUT2D eigenvalue weighted by Gasteiger charge is 2.02. The van der Waals surface area contributed by atoms with Crippen LogP contribution in [0.15, 0.2) is 54.2 Å². The lowest BCUT2D eigenvalue weighted by molar-refractivity contribution is 1.39. The fourth-order valence-corrected chi connectivity index (χ4v) is 1.96. The van der Waals surface area contributed by atoms with E-state index >= 15 is 0 Å². The smallest absolute Gasteiger partial charge is 0.145 e. The van der Waals surface area contributed by atoms with Crippen LogP contribution in [0.5, 0.6) is 0 Å². The molecule has 21 heavy (non-hydrogen) atoms. The number of anilines is 1. The first-order valence-electron chi connectivity index (χ1n) is 6.23. The minimum Gasteiger partial charge on any atom is -0.360 e. The number of nitrogens with one attached hydrogen (secondary N) is 1. The lowest BCUT2D eigenvalue weighted by Crippen LogP contribution is -1.92. The molecule has 0 spiro atoms. The Morgan fingerprint density at radius 3 is 2.19 bits per heavy atom. The number of fused-ring (bicyclic) bond motifs is 2. The SMILES string of the molecule is N#CC(C#N)=CNc1ccc2nc3ccccc3nc2c1. The fourth-order valence-electron chi connectivity index (χ4n) is 1.96. The highest BCUT2D eigenvalue weighted by molar-refractivity contribution is 5.87. The summed E-state index contributed by atoms with van der Waals surface area (Å²) in [5, 5.41) is 20.3. The molecule has 0 aliphatic heterocycles. The number of para-hydroxylation sites is 2. The second-order valence-corrected chi connectivity index (χ2v) is 4.34. The number of nitriles is 2. The maximum Gasteiger partial charge on any atom is 0.145 e. The minimum atomic E-state index is 0.0136. The molecule has 0 aliphatic carbocycles. The Kier molecular flexibility index (Phi) is 3.16. The van der Waals surface area contributed by atoms with Crippen molar-refractivity contribution in [2.45, 2.75) is 0 Å². The van der Waals surface area contributed by atoms with Crippen molar-refractivity contribution >= 4 is 27.8 Å². The van der Waals surface area contributed by atoms with E-state index in [1.165, 1.54) is 6.20 Å². The van der Waals surface area contributed by atoms with Gasteiger partial charge >= 0.3 is 0 Å². The molecule has 1 N–H and O–H groups in total. The Balaban J connectivity index is 2.04. The van der Waals surface area contributed by atoms with Crippen LogP contribution in [0.25, 0.3) is 22.1 Å². The van der Waals surface area contributed by atoms with E-state index in [9.17, 15) is 0 Å². The number of benzene rings is 2. The molecule has 5 heteroatoms. The Hall–Kier alpha value is -3.44. The number of nitrogens with zero attached hydrogens (tertiary/aromatic N) is 4. The van der Waals surface area contributed by atoms with Gasteiger partial charge in [0, 0.05) is 11.9 Å². The molecule has 3 aromatic rings. The summed E-state index contributed by atoms with van der Waals surface area (Å²) in [5.41, 5.74) is 3.98. The topological polar surface area (TPSA) is 85.4 Å². The summed E-state index contributed by atoms with van der Waals surface area (Å²) in [4.78, 5) is 9.09. The largest absolute Gasteiger partial charge is 0.360 e. The highest BCUT2D eigenvalue weighted by Crippen LogP contribution is 2.19. The van der Waals surface area contributed by atoms with Crippen molar-refractivity contribution in [3.05, 3.63) is 54.2 Å². The van der Waals surface area contributed by atoms with Gasteiger partial charge in [-0.25, -0.2) is 9.97 Å². The summed E-state index contributed by atoms with van der Waals surface area (Å²) >= 11 is 0. The molecule has 1 aromatic heterocycles. The zero-order chi connectivity index (χ0) is 14.7. The molecule has 0 radical (unpaired) electrons. The third kappa shape index (κ3) is 2.49. The van der Waals surface area contributed by atoms with Gasteiger partial charge in [0.05, 0.1) is 22.1 Å². The second kappa shape index (κ2) is 5.28. The van der Waals surface area contributed by atoms with Gasteiger partial charge in [-0.2, -0.15) is 10.5 Å². The molecule has 2 aromatic carbocycles. The zero-order valence-corrected chi connectivity index (χ0v) is 10.9. The summed E-state index contributed by atoms with van der Waals surface area (Å²) in [6, 6.07) is 16.8. The number of aromatic nitrogens is 2. The molecule has 0 fully saturated rings. The van der Waals surface area contributed by atoms with Crippen LogP contribution in [0, 0.1) is 22.7 Å². The lowest BCUT2D eigenvalue weighted by Gasteiger charge is -2.04. The first-order valence-corrected chi connectivity index (χ1v) is 6.23. The van der Waals surface area contributed by atoms with Crippen LogP contribution in [-0.2, 0) is 0 Å². The average Bonchev–Trinajstić information content (AvgIpc) is 2.53. The van der Waals surface area contributed by atoms with Crippen LogP contribution < -0.4 is 5.32 Å². The number of allylic oxidation sites excluding steroid dienone is 1. The van der Waals surface area contributed by atoms with Crippen molar-refractivity contribution in [3.8, 4) is 12.1 Å². The van der Waals surface area contributed by atoms with Gasteiger partial charge in [-0.05, 0) is 30.3 Å². The van der Waals surface area contributed by atoms with Gasteiger partial charge < -0.3 is 5.32 Å². The van der Waals surface area contributed by atoms with Crippen LogP contribution in [-0.4, -0.2) is 9.97 Å². The van der Waals surface area contributed by atoms with E-state index in [2.05, 4.69) is 15.3 Å². The second-order valence-electron chi connectivity index (χ2n) is 4.34. The molecule has 98 valence electrons. The van der Waals surface area contributed by atoms with Crippen LogP contribution >= 0.6 is 0 Å². The first kappa shape index (κ1) is 12.6. The van der Waals surface area contributed by atoms with Gasteiger partial charge in [-0.15, -0.1) is 0 Å². The monoisotopic (exact) mass is 271 g/mol. The maximum atomic E-state index is 8.69. The summed E-state index contributed by atoms with van der Waals surface area (Å²) in [5.74, 6) is 0. The van der Waals surface area contributed by atoms with Crippen molar-refractivity contribution in [1.29, 1.82) is 10.5 Å². The van der Waals surface area contributed by atoms with Gasteiger partial charge in [0.25, 0.3) is 0 Å². The molecule has 5 nitrogen and oxygen atoms in total. The number of rotatable bonds is 2. The predicted molar refractivity (Wildman–Crippen MR) is 80.0 cm³/mol. The molecular weight excluding hydrogens is 262 g/mol. The van der Waals surface area contributed by atoms with Crippen molar-refractivity contribution in [3.63, 3.8) is 0 Å². The number of hydrogen-bond acceptors (Lipinski definition) is 5. The molecule has 0 saturated heterocycles. The van der Waals surface area contributed by atoms with Gasteiger partial charge in [-0.3, -0.25) is 0 Å². The fraction of sp³-hybridized carbons (Fsp3) is 0. The van der Waals surface area contributed by atoms with Crippen LogP contribution in [0.2, 0.25) is 0 Å². The van der Waals surface area contributed by atoms with Gasteiger partial charge in [-0.1, -0.05) is 12.1 Å². The van der Waals surface area contributed by atoms with Crippen LogP contribution in [0.3, 0.4) is 0 Å². The van der Waals surface area contributed by atoms with Crippen molar-refractivity contribution in [2.75, 3.05) is 5.32 Å². The van der Waals surface area contributed by atoms with E-state index in [-0.39, 0.29) is 5.57 Å². The highest BCUT2D eigenvalue weighted by atomic mass is 14.9. The zero-order valence-electron chi connectivity index (χ0n) is 10.9. The van der Waals surface area contributed by atoms with Gasteiger partial charge in [0.2, 0.25) is 0 Å². The summed E-state index contributed by atoms with van der Waals surface area (Å²) in [6.07, 6.45) is 1.37. The van der Waals surface area contributed by atoms with Gasteiger partial charge in [0.1, 0.15) is 17.7 Å². The summed E-state index contributed by atoms with van der Waals surface area (Å²) in [7, 11) is 0. The molecule has 3 rings (SSSR count). The summed E-state index contributed by atoms with van der Waals surface area (Å²) < 4.78 is 0. The van der Waals surface area contributed by atoms with Crippen molar-refractivity contribution in [2.24, 2.45) is 0 Å². The Labute approximate surface area is 120 Å². The first-order chi connectivity index (χ1) is 10.3. The molecule has 1 heterocycles. The molecule has 0 saturated carbocycles. The molecule has 0 aliphatic rings. The van der Waals surface area contributed by atoms with E-state index in [0.29, 0.717) is 0 Å². The van der Waals surface area contributed by atoms with E-state index < -0.39 is 0 Å². The minimum absolute atomic E-state index is 0.0136. The Morgan fingerprint density at radius 1 is 0.905 bits per heavy atom.